The molecule has 0 saturated heterocycles. The van der Waals surface area contributed by atoms with Gasteiger partial charge in [-0.05, 0) is 28.1 Å². The number of nitriles is 1. The smallest absolute Gasteiger partial charge is 0.169 e. The molecular weight excluding hydrogens is 301 g/mol. The second kappa shape index (κ2) is 5.14. The Bertz CT molecular complexity index is 616. The largest absolute Gasteiger partial charge is 0.375 e. The van der Waals surface area contributed by atoms with Crippen molar-refractivity contribution in [3.8, 4) is 6.07 Å². The van der Waals surface area contributed by atoms with Gasteiger partial charge < -0.3 is 5.32 Å². The van der Waals surface area contributed by atoms with Crippen molar-refractivity contribution >= 4 is 21.6 Å². The van der Waals surface area contributed by atoms with E-state index in [-0.39, 0.29) is 10.0 Å². The topological polar surface area (TPSA) is 66.5 Å². The SMILES string of the molecule is Cn1cnc(CNc2ccc(C#N)c(Br)c2F)n1. The van der Waals surface area contributed by atoms with Crippen molar-refractivity contribution in [1.29, 1.82) is 5.26 Å². The maximum Gasteiger partial charge on any atom is 0.169 e. The van der Waals surface area contributed by atoms with E-state index in [4.69, 9.17) is 5.26 Å². The van der Waals surface area contributed by atoms with Gasteiger partial charge in [0.2, 0.25) is 0 Å². The lowest BCUT2D eigenvalue weighted by molar-refractivity contribution is 0.622. The molecule has 1 aromatic heterocycles. The first-order chi connectivity index (χ1) is 8.61. The summed E-state index contributed by atoms with van der Waals surface area (Å²) in [5, 5.41) is 15.7. The third-order valence-electron chi connectivity index (χ3n) is 2.29. The summed E-state index contributed by atoms with van der Waals surface area (Å²) in [6.45, 7) is 0.316. The van der Waals surface area contributed by atoms with E-state index in [0.717, 1.165) is 0 Å². The predicted octanol–water partition coefficient (Wildman–Crippen LogP) is 2.20. The standard InChI is InChI=1S/C11H9BrFN5/c1-18-6-16-9(17-18)5-15-8-3-2-7(4-14)10(12)11(8)13/h2-3,6,15H,5H2,1H3. The lowest BCUT2D eigenvalue weighted by Crippen LogP contribution is -2.04. The zero-order valence-electron chi connectivity index (χ0n) is 9.48. The average Bonchev–Trinajstić information content (AvgIpc) is 2.77. The minimum absolute atomic E-state index is 0.156. The van der Waals surface area contributed by atoms with Gasteiger partial charge in [-0.25, -0.2) is 9.37 Å². The number of aryl methyl sites for hydroxylation is 1. The summed E-state index contributed by atoms with van der Waals surface area (Å²) in [5.74, 6) is 0.0716. The van der Waals surface area contributed by atoms with E-state index in [0.29, 0.717) is 18.1 Å². The van der Waals surface area contributed by atoms with Gasteiger partial charge >= 0.3 is 0 Å². The molecule has 2 aromatic rings. The van der Waals surface area contributed by atoms with Crippen LogP contribution in [0.1, 0.15) is 11.4 Å². The molecule has 0 amide bonds. The number of halogens is 2. The highest BCUT2D eigenvalue weighted by molar-refractivity contribution is 9.10. The third-order valence-corrected chi connectivity index (χ3v) is 3.06. The molecule has 5 nitrogen and oxygen atoms in total. The molecular formula is C11H9BrFN5. The fraction of sp³-hybridized carbons (Fsp3) is 0.182. The van der Waals surface area contributed by atoms with Gasteiger partial charge in [-0.3, -0.25) is 4.68 Å². The van der Waals surface area contributed by atoms with Crippen LogP contribution >= 0.6 is 15.9 Å². The minimum Gasteiger partial charge on any atom is -0.375 e. The second-order valence-electron chi connectivity index (χ2n) is 3.59. The molecule has 92 valence electrons. The Kier molecular flexibility index (Phi) is 3.58. The van der Waals surface area contributed by atoms with Gasteiger partial charge in [0.1, 0.15) is 12.4 Å². The first-order valence-electron chi connectivity index (χ1n) is 5.08. The lowest BCUT2D eigenvalue weighted by atomic mass is 10.2. The maximum atomic E-state index is 13.9. The van der Waals surface area contributed by atoms with Gasteiger partial charge in [0.15, 0.2) is 11.6 Å². The highest BCUT2D eigenvalue weighted by Gasteiger charge is 2.11. The minimum atomic E-state index is -0.495. The van der Waals surface area contributed by atoms with Crippen molar-refractivity contribution in [2.24, 2.45) is 7.05 Å². The molecule has 0 fully saturated rings. The predicted molar refractivity (Wildman–Crippen MR) is 67.1 cm³/mol. The van der Waals surface area contributed by atoms with Crippen molar-refractivity contribution in [3.63, 3.8) is 0 Å². The Morgan fingerprint density at radius 1 is 1.56 bits per heavy atom. The Morgan fingerprint density at radius 3 is 2.94 bits per heavy atom. The fourth-order valence-electron chi connectivity index (χ4n) is 1.41. The van der Waals surface area contributed by atoms with Gasteiger partial charge in [-0.1, -0.05) is 0 Å². The number of nitrogens with zero attached hydrogens (tertiary/aromatic N) is 4. The van der Waals surface area contributed by atoms with E-state index in [9.17, 15) is 4.39 Å². The lowest BCUT2D eigenvalue weighted by Gasteiger charge is -2.07. The Labute approximate surface area is 111 Å². The molecule has 1 aromatic carbocycles. The maximum absolute atomic E-state index is 13.9. The highest BCUT2D eigenvalue weighted by atomic mass is 79.9. The summed E-state index contributed by atoms with van der Waals surface area (Å²) in [5.41, 5.74) is 0.558. The molecule has 0 unspecified atom stereocenters. The molecule has 18 heavy (non-hydrogen) atoms. The van der Waals surface area contributed by atoms with Crippen LogP contribution in [0.4, 0.5) is 10.1 Å². The molecule has 1 N–H and O–H groups in total. The summed E-state index contributed by atoms with van der Waals surface area (Å²) in [7, 11) is 1.76. The fourth-order valence-corrected chi connectivity index (χ4v) is 1.85. The number of rotatable bonds is 3. The van der Waals surface area contributed by atoms with Crippen LogP contribution in [0.2, 0.25) is 0 Å². The summed E-state index contributed by atoms with van der Waals surface area (Å²) in [6, 6.07) is 4.96. The molecule has 0 radical (unpaired) electrons. The van der Waals surface area contributed by atoms with Crippen molar-refractivity contribution in [2.45, 2.75) is 6.54 Å². The van der Waals surface area contributed by atoms with Crippen LogP contribution in [0.5, 0.6) is 0 Å². The molecule has 0 aliphatic rings. The van der Waals surface area contributed by atoms with Crippen molar-refractivity contribution < 1.29 is 4.39 Å². The molecule has 0 atom stereocenters. The molecule has 7 heteroatoms. The first-order valence-corrected chi connectivity index (χ1v) is 5.87. The zero-order valence-corrected chi connectivity index (χ0v) is 11.1. The van der Waals surface area contributed by atoms with E-state index in [1.165, 1.54) is 6.07 Å². The Morgan fingerprint density at radius 2 is 2.33 bits per heavy atom. The monoisotopic (exact) mass is 309 g/mol. The zero-order chi connectivity index (χ0) is 13.1. The Hall–Kier alpha value is -1.94. The summed E-state index contributed by atoms with van der Waals surface area (Å²) < 4.78 is 15.6. The molecule has 0 saturated carbocycles. The normalized spacial score (nSPS) is 10.1. The van der Waals surface area contributed by atoms with Gasteiger partial charge in [0, 0.05) is 7.05 Å². The summed E-state index contributed by atoms with van der Waals surface area (Å²) in [4.78, 5) is 4.02. The van der Waals surface area contributed by atoms with E-state index >= 15 is 0 Å². The quantitative estimate of drug-likeness (QED) is 0.944. The summed E-state index contributed by atoms with van der Waals surface area (Å²) >= 11 is 3.05. The third kappa shape index (κ3) is 2.49. The molecule has 2 rings (SSSR count). The molecule has 0 bridgehead atoms. The van der Waals surface area contributed by atoms with E-state index < -0.39 is 5.82 Å². The van der Waals surface area contributed by atoms with Crippen LogP contribution in [0, 0.1) is 17.1 Å². The van der Waals surface area contributed by atoms with Gasteiger partial charge in [-0.15, -0.1) is 0 Å². The van der Waals surface area contributed by atoms with Crippen LogP contribution in [0.25, 0.3) is 0 Å². The van der Waals surface area contributed by atoms with Gasteiger partial charge in [-0.2, -0.15) is 10.4 Å². The van der Waals surface area contributed by atoms with Gasteiger partial charge in [0.05, 0.1) is 22.3 Å². The highest BCUT2D eigenvalue weighted by Crippen LogP contribution is 2.26. The van der Waals surface area contributed by atoms with Crippen LogP contribution in [-0.4, -0.2) is 14.8 Å². The van der Waals surface area contributed by atoms with E-state index in [2.05, 4.69) is 31.3 Å². The van der Waals surface area contributed by atoms with Crippen LogP contribution < -0.4 is 5.32 Å². The average molecular weight is 310 g/mol. The molecule has 0 aliphatic heterocycles. The summed E-state index contributed by atoms with van der Waals surface area (Å²) in [6.07, 6.45) is 1.57. The van der Waals surface area contributed by atoms with Crippen molar-refractivity contribution in [2.75, 3.05) is 5.32 Å². The number of hydrogen-bond donors (Lipinski definition) is 1. The van der Waals surface area contributed by atoms with Crippen LogP contribution in [0.15, 0.2) is 22.9 Å². The molecule has 0 aliphatic carbocycles. The van der Waals surface area contributed by atoms with Crippen molar-refractivity contribution in [1.82, 2.24) is 14.8 Å². The van der Waals surface area contributed by atoms with Crippen LogP contribution in [0.3, 0.4) is 0 Å². The first kappa shape index (κ1) is 12.5. The number of benzene rings is 1. The van der Waals surface area contributed by atoms with Crippen molar-refractivity contribution in [3.05, 3.63) is 40.1 Å². The van der Waals surface area contributed by atoms with E-state index in [1.807, 2.05) is 6.07 Å². The number of aromatic nitrogens is 3. The number of hydrogen-bond acceptors (Lipinski definition) is 4. The van der Waals surface area contributed by atoms with Crippen LogP contribution in [-0.2, 0) is 13.6 Å². The number of nitrogens with one attached hydrogen (secondary N) is 1. The molecule has 1 heterocycles. The Balaban J connectivity index is 2.15. The molecule has 0 spiro atoms. The second-order valence-corrected chi connectivity index (χ2v) is 4.38. The number of anilines is 1. The van der Waals surface area contributed by atoms with Gasteiger partial charge in [0.25, 0.3) is 0 Å². The van der Waals surface area contributed by atoms with E-state index in [1.54, 1.807) is 24.1 Å².